The minimum atomic E-state index is -0.407. The predicted molar refractivity (Wildman–Crippen MR) is 88.8 cm³/mol. The van der Waals surface area contributed by atoms with Gasteiger partial charge in [0.2, 0.25) is 5.91 Å². The van der Waals surface area contributed by atoms with Gasteiger partial charge in [0.25, 0.3) is 0 Å². The number of hydrogen-bond donors (Lipinski definition) is 2. The van der Waals surface area contributed by atoms with E-state index in [9.17, 15) is 9.18 Å². The summed E-state index contributed by atoms with van der Waals surface area (Å²) in [7, 11) is 0. The Morgan fingerprint density at radius 2 is 2.00 bits per heavy atom. The third-order valence-corrected chi connectivity index (χ3v) is 3.31. The number of anilines is 1. The molecule has 0 bridgehead atoms. The average Bonchev–Trinajstić information content (AvgIpc) is 2.55. The van der Waals surface area contributed by atoms with Crippen LogP contribution in [0.1, 0.15) is 31.4 Å². The molecule has 2 aromatic carbocycles. The van der Waals surface area contributed by atoms with Gasteiger partial charge in [-0.05, 0) is 24.1 Å². The van der Waals surface area contributed by atoms with Crippen molar-refractivity contribution in [3.8, 4) is 5.75 Å². The summed E-state index contributed by atoms with van der Waals surface area (Å²) >= 11 is 0. The first-order valence-electron chi connectivity index (χ1n) is 7.63. The van der Waals surface area contributed by atoms with Crippen LogP contribution in [0.2, 0.25) is 0 Å². The average molecular weight is 316 g/mol. The van der Waals surface area contributed by atoms with Gasteiger partial charge in [-0.25, -0.2) is 4.39 Å². The molecule has 0 fully saturated rings. The van der Waals surface area contributed by atoms with Crippen molar-refractivity contribution >= 4 is 11.6 Å². The van der Waals surface area contributed by atoms with Crippen molar-refractivity contribution in [1.29, 1.82) is 0 Å². The van der Waals surface area contributed by atoms with Crippen molar-refractivity contribution in [2.24, 2.45) is 5.73 Å². The maximum atomic E-state index is 13.3. The lowest BCUT2D eigenvalue weighted by molar-refractivity contribution is -0.116. The van der Waals surface area contributed by atoms with Gasteiger partial charge in [-0.2, -0.15) is 0 Å². The molecular weight excluding hydrogens is 295 g/mol. The highest BCUT2D eigenvalue weighted by Crippen LogP contribution is 2.26. The Morgan fingerprint density at radius 3 is 2.70 bits per heavy atom. The summed E-state index contributed by atoms with van der Waals surface area (Å²) in [5.74, 6) is -0.321. The summed E-state index contributed by atoms with van der Waals surface area (Å²) in [4.78, 5) is 12.2. The van der Waals surface area contributed by atoms with E-state index in [0.717, 1.165) is 12.0 Å². The highest BCUT2D eigenvalue weighted by Gasteiger charge is 2.14. The lowest BCUT2D eigenvalue weighted by atomic mass is 10.0. The SMILES string of the molecule is CCCOc1cc(F)ccc1NC(=O)CC(N)c1ccccc1. The molecular formula is C18H21FN2O2. The van der Waals surface area contributed by atoms with Gasteiger partial charge in [-0.3, -0.25) is 4.79 Å². The van der Waals surface area contributed by atoms with E-state index in [4.69, 9.17) is 10.5 Å². The predicted octanol–water partition coefficient (Wildman–Crippen LogP) is 3.64. The van der Waals surface area contributed by atoms with Crippen molar-refractivity contribution in [2.45, 2.75) is 25.8 Å². The molecule has 0 aliphatic rings. The summed E-state index contributed by atoms with van der Waals surface area (Å²) in [5.41, 5.74) is 7.38. The molecule has 23 heavy (non-hydrogen) atoms. The van der Waals surface area contributed by atoms with Crippen LogP contribution in [0.25, 0.3) is 0 Å². The van der Waals surface area contributed by atoms with E-state index < -0.39 is 11.9 Å². The van der Waals surface area contributed by atoms with Crippen LogP contribution in [0.3, 0.4) is 0 Å². The van der Waals surface area contributed by atoms with Crippen LogP contribution in [0.4, 0.5) is 10.1 Å². The van der Waals surface area contributed by atoms with Gasteiger partial charge >= 0.3 is 0 Å². The molecule has 0 spiro atoms. The van der Waals surface area contributed by atoms with Gasteiger partial charge in [-0.1, -0.05) is 37.3 Å². The zero-order chi connectivity index (χ0) is 16.7. The van der Waals surface area contributed by atoms with Gasteiger partial charge in [0.1, 0.15) is 11.6 Å². The number of nitrogens with two attached hydrogens (primary N) is 1. The number of ether oxygens (including phenoxy) is 1. The maximum Gasteiger partial charge on any atom is 0.226 e. The van der Waals surface area contributed by atoms with E-state index in [1.807, 2.05) is 37.3 Å². The molecule has 2 rings (SSSR count). The van der Waals surface area contributed by atoms with Gasteiger partial charge in [0.15, 0.2) is 0 Å². The quantitative estimate of drug-likeness (QED) is 0.819. The first-order valence-corrected chi connectivity index (χ1v) is 7.63. The third-order valence-electron chi connectivity index (χ3n) is 3.31. The Morgan fingerprint density at radius 1 is 1.26 bits per heavy atom. The first-order chi connectivity index (χ1) is 11.1. The van der Waals surface area contributed by atoms with Crippen LogP contribution in [0.5, 0.6) is 5.75 Å². The van der Waals surface area contributed by atoms with Crippen molar-refractivity contribution in [2.75, 3.05) is 11.9 Å². The van der Waals surface area contributed by atoms with Crippen LogP contribution in [-0.4, -0.2) is 12.5 Å². The summed E-state index contributed by atoms with van der Waals surface area (Å²) in [5, 5.41) is 2.74. The van der Waals surface area contributed by atoms with E-state index in [2.05, 4.69) is 5.32 Å². The fourth-order valence-electron chi connectivity index (χ4n) is 2.15. The zero-order valence-electron chi connectivity index (χ0n) is 13.1. The minimum Gasteiger partial charge on any atom is -0.491 e. The molecule has 1 atom stereocenters. The molecule has 0 saturated carbocycles. The summed E-state index contributed by atoms with van der Waals surface area (Å²) < 4.78 is 18.8. The molecule has 3 N–H and O–H groups in total. The van der Waals surface area contributed by atoms with Gasteiger partial charge in [0, 0.05) is 18.5 Å². The zero-order valence-corrected chi connectivity index (χ0v) is 13.1. The van der Waals surface area contributed by atoms with E-state index in [0.29, 0.717) is 18.0 Å². The Bertz CT molecular complexity index is 647. The van der Waals surface area contributed by atoms with E-state index >= 15 is 0 Å². The lowest BCUT2D eigenvalue weighted by Gasteiger charge is -2.15. The molecule has 0 aliphatic carbocycles. The van der Waals surface area contributed by atoms with E-state index in [1.54, 1.807) is 0 Å². The minimum absolute atomic E-state index is 0.134. The summed E-state index contributed by atoms with van der Waals surface area (Å²) in [6.45, 7) is 2.41. The molecule has 0 radical (unpaired) electrons. The lowest BCUT2D eigenvalue weighted by Crippen LogP contribution is -2.21. The van der Waals surface area contributed by atoms with E-state index in [1.165, 1.54) is 18.2 Å². The smallest absolute Gasteiger partial charge is 0.226 e. The standard InChI is InChI=1S/C18H21FN2O2/c1-2-10-23-17-11-14(19)8-9-16(17)21-18(22)12-15(20)13-6-4-3-5-7-13/h3-9,11,15H,2,10,12,20H2,1H3,(H,21,22). The molecule has 0 aromatic heterocycles. The number of halogens is 1. The molecule has 2 aromatic rings. The fourth-order valence-corrected chi connectivity index (χ4v) is 2.15. The Hall–Kier alpha value is -2.40. The van der Waals surface area contributed by atoms with Crippen LogP contribution >= 0.6 is 0 Å². The molecule has 4 nitrogen and oxygen atoms in total. The second kappa shape index (κ2) is 8.29. The normalized spacial score (nSPS) is 11.8. The molecule has 5 heteroatoms. The number of amides is 1. The second-order valence-electron chi connectivity index (χ2n) is 5.26. The Kier molecular flexibility index (Phi) is 6.11. The summed E-state index contributed by atoms with van der Waals surface area (Å²) in [6.07, 6.45) is 0.928. The maximum absolute atomic E-state index is 13.3. The summed E-state index contributed by atoms with van der Waals surface area (Å²) in [6, 6.07) is 13.1. The largest absolute Gasteiger partial charge is 0.491 e. The van der Waals surface area contributed by atoms with Crippen LogP contribution in [0.15, 0.2) is 48.5 Å². The number of carbonyl (C=O) groups excluding carboxylic acids is 1. The first kappa shape index (κ1) is 17.0. The number of nitrogens with one attached hydrogen (secondary N) is 1. The highest BCUT2D eigenvalue weighted by atomic mass is 19.1. The van der Waals surface area contributed by atoms with E-state index in [-0.39, 0.29) is 12.3 Å². The highest BCUT2D eigenvalue weighted by molar-refractivity contribution is 5.92. The fraction of sp³-hybridized carbons (Fsp3) is 0.278. The number of hydrogen-bond acceptors (Lipinski definition) is 3. The van der Waals surface area contributed by atoms with Crippen LogP contribution < -0.4 is 15.8 Å². The molecule has 0 aliphatic heterocycles. The third kappa shape index (κ3) is 5.07. The van der Waals surface area contributed by atoms with Crippen molar-refractivity contribution < 1.29 is 13.9 Å². The Balaban J connectivity index is 2.02. The number of carbonyl (C=O) groups is 1. The Labute approximate surface area is 135 Å². The molecule has 1 amide bonds. The molecule has 122 valence electrons. The van der Waals surface area contributed by atoms with Crippen molar-refractivity contribution in [3.63, 3.8) is 0 Å². The molecule has 0 saturated heterocycles. The number of rotatable bonds is 7. The second-order valence-corrected chi connectivity index (χ2v) is 5.26. The van der Waals surface area contributed by atoms with Gasteiger partial charge < -0.3 is 15.8 Å². The van der Waals surface area contributed by atoms with Crippen LogP contribution in [-0.2, 0) is 4.79 Å². The van der Waals surface area contributed by atoms with Gasteiger partial charge in [-0.15, -0.1) is 0 Å². The molecule has 1 unspecified atom stereocenters. The van der Waals surface area contributed by atoms with Crippen molar-refractivity contribution in [1.82, 2.24) is 0 Å². The topological polar surface area (TPSA) is 64.3 Å². The van der Waals surface area contributed by atoms with Crippen LogP contribution in [0, 0.1) is 5.82 Å². The number of benzene rings is 2. The van der Waals surface area contributed by atoms with Gasteiger partial charge in [0.05, 0.1) is 12.3 Å². The van der Waals surface area contributed by atoms with Crippen molar-refractivity contribution in [3.05, 3.63) is 59.9 Å². The molecule has 0 heterocycles. The monoisotopic (exact) mass is 316 g/mol.